The molecule has 0 bridgehead atoms. The molecule has 2 heterocycles. The van der Waals surface area contributed by atoms with Crippen molar-refractivity contribution in [3.8, 4) is 0 Å². The van der Waals surface area contributed by atoms with Crippen LogP contribution in [-0.4, -0.2) is 15.0 Å². The average Bonchev–Trinajstić information content (AvgIpc) is 2.53. The maximum Gasteiger partial charge on any atom is 0.144 e. The van der Waals surface area contributed by atoms with Gasteiger partial charge >= 0.3 is 0 Å². The number of nitrogens with zero attached hydrogens (tertiary/aromatic N) is 3. The first-order chi connectivity index (χ1) is 9.86. The van der Waals surface area contributed by atoms with Crippen LogP contribution in [0.1, 0.15) is 11.5 Å². The average molecular weight is 265 g/mol. The van der Waals surface area contributed by atoms with Gasteiger partial charge < -0.3 is 11.1 Å². The quantitative estimate of drug-likeness (QED) is 0.755. The van der Waals surface area contributed by atoms with Gasteiger partial charge in [-0.3, -0.25) is 4.98 Å². The summed E-state index contributed by atoms with van der Waals surface area (Å²) in [7, 11) is 0. The van der Waals surface area contributed by atoms with Crippen LogP contribution >= 0.6 is 0 Å². The molecule has 0 unspecified atom stereocenters. The molecule has 0 aliphatic carbocycles. The van der Waals surface area contributed by atoms with Crippen LogP contribution in [0.5, 0.6) is 0 Å². The molecule has 100 valence electrons. The van der Waals surface area contributed by atoms with Gasteiger partial charge in [0.15, 0.2) is 0 Å². The van der Waals surface area contributed by atoms with E-state index in [1.165, 1.54) is 0 Å². The van der Waals surface area contributed by atoms with E-state index in [2.05, 4.69) is 20.3 Å². The van der Waals surface area contributed by atoms with E-state index in [0.717, 1.165) is 22.4 Å². The van der Waals surface area contributed by atoms with E-state index in [0.29, 0.717) is 18.9 Å². The van der Waals surface area contributed by atoms with Crippen molar-refractivity contribution in [1.29, 1.82) is 0 Å². The minimum atomic E-state index is 0.323. The van der Waals surface area contributed by atoms with Crippen LogP contribution in [0.25, 0.3) is 10.9 Å². The lowest BCUT2D eigenvalue weighted by molar-refractivity contribution is 0.919. The van der Waals surface area contributed by atoms with E-state index < -0.39 is 0 Å². The Labute approximate surface area is 116 Å². The zero-order chi connectivity index (χ0) is 13.8. The molecule has 2 aromatic heterocycles. The van der Waals surface area contributed by atoms with E-state index in [-0.39, 0.29) is 0 Å². The molecule has 0 saturated carbocycles. The maximum atomic E-state index is 5.65. The zero-order valence-electron chi connectivity index (χ0n) is 11.0. The van der Waals surface area contributed by atoms with E-state index in [1.54, 1.807) is 6.20 Å². The Morgan fingerprint density at radius 3 is 2.65 bits per heavy atom. The number of hydrogen-bond donors (Lipinski definition) is 2. The first kappa shape index (κ1) is 12.5. The van der Waals surface area contributed by atoms with Crippen molar-refractivity contribution in [2.75, 3.05) is 5.32 Å². The number of rotatable bonds is 4. The van der Waals surface area contributed by atoms with Gasteiger partial charge in [-0.15, -0.1) is 0 Å². The third kappa shape index (κ3) is 2.57. The molecule has 1 aromatic carbocycles. The maximum absolute atomic E-state index is 5.65. The topological polar surface area (TPSA) is 76.7 Å². The van der Waals surface area contributed by atoms with Crippen LogP contribution in [0.15, 0.2) is 48.7 Å². The van der Waals surface area contributed by atoms with Gasteiger partial charge in [0.25, 0.3) is 0 Å². The summed E-state index contributed by atoms with van der Waals surface area (Å²) in [5.74, 6) is 1.42. The minimum absolute atomic E-state index is 0.323. The largest absolute Gasteiger partial charge is 0.364 e. The summed E-state index contributed by atoms with van der Waals surface area (Å²) in [6, 6.07) is 13.7. The summed E-state index contributed by atoms with van der Waals surface area (Å²) < 4.78 is 0. The van der Waals surface area contributed by atoms with Gasteiger partial charge in [0.2, 0.25) is 0 Å². The second kappa shape index (κ2) is 5.63. The summed E-state index contributed by atoms with van der Waals surface area (Å²) >= 11 is 0. The molecule has 3 N–H and O–H groups in total. The lowest BCUT2D eigenvalue weighted by atomic mass is 10.2. The Hall–Kier alpha value is -2.53. The molecule has 20 heavy (non-hydrogen) atoms. The predicted molar refractivity (Wildman–Crippen MR) is 79.0 cm³/mol. The monoisotopic (exact) mass is 265 g/mol. The van der Waals surface area contributed by atoms with Crippen molar-refractivity contribution in [3.63, 3.8) is 0 Å². The van der Waals surface area contributed by atoms with Crippen LogP contribution < -0.4 is 11.1 Å². The van der Waals surface area contributed by atoms with Crippen LogP contribution in [-0.2, 0) is 13.1 Å². The standard InChI is InChI=1S/C15H15N5/c16-9-14-19-13-7-2-1-6-12(13)15(20-14)18-10-11-5-3-4-8-17-11/h1-8H,9-10,16H2,(H,18,19,20). The number of nitrogens with two attached hydrogens (primary N) is 1. The van der Waals surface area contributed by atoms with Crippen molar-refractivity contribution in [2.45, 2.75) is 13.1 Å². The molecule has 0 radical (unpaired) electrons. The Kier molecular flexibility index (Phi) is 3.52. The molecule has 0 aliphatic heterocycles. The van der Waals surface area contributed by atoms with Gasteiger partial charge in [0.05, 0.1) is 24.3 Å². The molecule has 0 aliphatic rings. The lowest BCUT2D eigenvalue weighted by Gasteiger charge is -2.09. The second-order valence-corrected chi connectivity index (χ2v) is 4.38. The molecule has 5 heteroatoms. The van der Waals surface area contributed by atoms with E-state index in [9.17, 15) is 0 Å². The van der Waals surface area contributed by atoms with Crippen LogP contribution in [0.3, 0.4) is 0 Å². The molecule has 0 amide bonds. The van der Waals surface area contributed by atoms with E-state index in [1.807, 2.05) is 42.5 Å². The van der Waals surface area contributed by atoms with Crippen LogP contribution in [0, 0.1) is 0 Å². The molecule has 3 rings (SSSR count). The molecule has 5 nitrogen and oxygen atoms in total. The zero-order valence-corrected chi connectivity index (χ0v) is 11.0. The van der Waals surface area contributed by atoms with E-state index >= 15 is 0 Å². The van der Waals surface area contributed by atoms with Gasteiger partial charge in [-0.1, -0.05) is 18.2 Å². The van der Waals surface area contributed by atoms with E-state index in [4.69, 9.17) is 5.73 Å². The van der Waals surface area contributed by atoms with Gasteiger partial charge in [-0.25, -0.2) is 9.97 Å². The van der Waals surface area contributed by atoms with Crippen molar-refractivity contribution >= 4 is 16.7 Å². The number of aromatic nitrogens is 3. The number of hydrogen-bond acceptors (Lipinski definition) is 5. The molecular weight excluding hydrogens is 250 g/mol. The molecule has 0 fully saturated rings. The fourth-order valence-corrected chi connectivity index (χ4v) is 2.03. The highest BCUT2D eigenvalue weighted by Crippen LogP contribution is 2.20. The number of para-hydroxylation sites is 1. The first-order valence-corrected chi connectivity index (χ1v) is 6.46. The Morgan fingerprint density at radius 2 is 1.85 bits per heavy atom. The highest BCUT2D eigenvalue weighted by atomic mass is 15.0. The Bertz CT molecular complexity index is 712. The minimum Gasteiger partial charge on any atom is -0.364 e. The molecule has 0 spiro atoms. The number of pyridine rings is 1. The normalized spacial score (nSPS) is 10.7. The Morgan fingerprint density at radius 1 is 1.00 bits per heavy atom. The predicted octanol–water partition coefficient (Wildman–Crippen LogP) is 2.10. The molecule has 0 saturated heterocycles. The summed E-state index contributed by atoms with van der Waals surface area (Å²) in [4.78, 5) is 13.2. The number of nitrogens with one attached hydrogen (secondary N) is 1. The van der Waals surface area contributed by atoms with Gasteiger partial charge in [0.1, 0.15) is 11.6 Å². The van der Waals surface area contributed by atoms with Crippen molar-refractivity contribution < 1.29 is 0 Å². The molecular formula is C15H15N5. The van der Waals surface area contributed by atoms with Crippen molar-refractivity contribution in [1.82, 2.24) is 15.0 Å². The Balaban J connectivity index is 1.93. The molecule has 0 atom stereocenters. The summed E-state index contributed by atoms with van der Waals surface area (Å²) in [5, 5.41) is 4.30. The van der Waals surface area contributed by atoms with Crippen molar-refractivity contribution in [2.24, 2.45) is 5.73 Å². The third-order valence-corrected chi connectivity index (χ3v) is 3.00. The summed E-state index contributed by atoms with van der Waals surface area (Å²) in [6.07, 6.45) is 1.78. The highest BCUT2D eigenvalue weighted by molar-refractivity contribution is 5.88. The fraction of sp³-hybridized carbons (Fsp3) is 0.133. The van der Waals surface area contributed by atoms with Gasteiger partial charge in [0, 0.05) is 11.6 Å². The SMILES string of the molecule is NCc1nc(NCc2ccccn2)c2ccccc2n1. The highest BCUT2D eigenvalue weighted by Gasteiger charge is 2.06. The number of fused-ring (bicyclic) bond motifs is 1. The number of anilines is 1. The lowest BCUT2D eigenvalue weighted by Crippen LogP contribution is -2.09. The summed E-state index contributed by atoms with van der Waals surface area (Å²) in [6.45, 7) is 0.939. The van der Waals surface area contributed by atoms with Crippen LogP contribution in [0.2, 0.25) is 0 Å². The van der Waals surface area contributed by atoms with Gasteiger partial charge in [-0.2, -0.15) is 0 Å². The third-order valence-electron chi connectivity index (χ3n) is 3.00. The van der Waals surface area contributed by atoms with Gasteiger partial charge in [-0.05, 0) is 24.3 Å². The first-order valence-electron chi connectivity index (χ1n) is 6.46. The fourth-order valence-electron chi connectivity index (χ4n) is 2.03. The summed E-state index contributed by atoms with van der Waals surface area (Å²) in [5.41, 5.74) is 7.51. The molecule has 3 aromatic rings. The van der Waals surface area contributed by atoms with Crippen molar-refractivity contribution in [3.05, 3.63) is 60.2 Å². The number of benzene rings is 1. The second-order valence-electron chi connectivity index (χ2n) is 4.38. The van der Waals surface area contributed by atoms with Crippen LogP contribution in [0.4, 0.5) is 5.82 Å². The smallest absolute Gasteiger partial charge is 0.144 e.